The molecule has 1 aliphatic heterocycles. The van der Waals surface area contributed by atoms with Crippen LogP contribution < -0.4 is 10.1 Å². The quantitative estimate of drug-likeness (QED) is 0.878. The van der Waals surface area contributed by atoms with Gasteiger partial charge in [0.1, 0.15) is 12.4 Å². The van der Waals surface area contributed by atoms with Gasteiger partial charge in [-0.2, -0.15) is 0 Å². The number of piperidine rings is 1. The summed E-state index contributed by atoms with van der Waals surface area (Å²) in [4.78, 5) is 13.9. The van der Waals surface area contributed by atoms with Crippen LogP contribution in [0.5, 0.6) is 5.75 Å². The molecule has 5 nitrogen and oxygen atoms in total. The lowest BCUT2D eigenvalue weighted by atomic mass is 9.99. The molecule has 0 bridgehead atoms. The zero-order valence-electron chi connectivity index (χ0n) is 12.2. The predicted octanol–water partition coefficient (Wildman–Crippen LogP) is 2.57. The fourth-order valence-electron chi connectivity index (χ4n) is 2.44. The number of amides is 2. The Balaban J connectivity index is 1.99. The summed E-state index contributed by atoms with van der Waals surface area (Å²) in [7, 11) is 0. The van der Waals surface area contributed by atoms with Gasteiger partial charge in [-0.15, -0.1) is 0 Å². The van der Waals surface area contributed by atoms with Gasteiger partial charge in [-0.1, -0.05) is 12.1 Å². The van der Waals surface area contributed by atoms with Crippen molar-refractivity contribution in [2.45, 2.75) is 19.3 Å². The largest absolute Gasteiger partial charge is 0.485 e. The number of hydrogen-bond acceptors (Lipinski definition) is 3. The number of nitrogens with zero attached hydrogens (tertiary/aromatic N) is 1. The molecule has 1 aromatic rings. The van der Waals surface area contributed by atoms with Crippen molar-refractivity contribution in [1.29, 1.82) is 0 Å². The lowest BCUT2D eigenvalue weighted by molar-refractivity contribution is 0.0822. The van der Waals surface area contributed by atoms with E-state index < -0.39 is 13.0 Å². The van der Waals surface area contributed by atoms with E-state index in [0.29, 0.717) is 18.8 Å². The predicted molar refractivity (Wildman–Crippen MR) is 78.3 cm³/mol. The smallest absolute Gasteiger partial charge is 0.321 e. The maximum absolute atomic E-state index is 12.2. The molecule has 0 aromatic heterocycles. The van der Waals surface area contributed by atoms with Gasteiger partial charge in [0.25, 0.3) is 6.43 Å². The molecule has 1 heterocycles. The minimum atomic E-state index is -2.57. The summed E-state index contributed by atoms with van der Waals surface area (Å²) in [5.41, 5.74) is 0.360. The van der Waals surface area contributed by atoms with Gasteiger partial charge in [0.15, 0.2) is 0 Å². The number of ether oxygens (including phenoxy) is 1. The SMILES string of the molecule is O=C(Nc1ccccc1OCC(F)F)N1CCCC(CO)C1. The number of anilines is 1. The fourth-order valence-corrected chi connectivity index (χ4v) is 2.44. The second-order valence-corrected chi connectivity index (χ2v) is 5.27. The average Bonchev–Trinajstić information content (AvgIpc) is 2.54. The molecule has 2 N–H and O–H groups in total. The molecule has 1 fully saturated rings. The van der Waals surface area contributed by atoms with Crippen LogP contribution in [0.25, 0.3) is 0 Å². The van der Waals surface area contributed by atoms with E-state index in [1.54, 1.807) is 23.1 Å². The van der Waals surface area contributed by atoms with Crippen LogP contribution >= 0.6 is 0 Å². The number of carbonyl (C=O) groups excluding carboxylic acids is 1. The van der Waals surface area contributed by atoms with Crippen LogP contribution in [0.1, 0.15) is 12.8 Å². The molecular formula is C15H20F2N2O3. The first-order valence-corrected chi connectivity index (χ1v) is 7.27. The summed E-state index contributed by atoms with van der Waals surface area (Å²) in [6.07, 6.45) is -0.840. The number of para-hydroxylation sites is 2. The highest BCUT2D eigenvalue weighted by molar-refractivity contribution is 5.91. The molecule has 122 valence electrons. The number of aliphatic hydroxyl groups is 1. The number of likely N-dealkylation sites (tertiary alicyclic amines) is 1. The highest BCUT2D eigenvalue weighted by Crippen LogP contribution is 2.25. The van der Waals surface area contributed by atoms with E-state index in [9.17, 15) is 18.7 Å². The fraction of sp³-hybridized carbons (Fsp3) is 0.533. The van der Waals surface area contributed by atoms with E-state index in [-0.39, 0.29) is 24.3 Å². The monoisotopic (exact) mass is 314 g/mol. The summed E-state index contributed by atoms with van der Waals surface area (Å²) in [6, 6.07) is 6.17. The number of nitrogens with one attached hydrogen (secondary N) is 1. The van der Waals surface area contributed by atoms with Gasteiger partial charge in [0.2, 0.25) is 0 Å². The van der Waals surface area contributed by atoms with Crippen molar-refractivity contribution in [2.24, 2.45) is 5.92 Å². The number of halogens is 2. The van der Waals surface area contributed by atoms with Gasteiger partial charge in [-0.05, 0) is 30.9 Å². The molecule has 2 amide bonds. The van der Waals surface area contributed by atoms with E-state index in [1.807, 2.05) is 0 Å². The molecular weight excluding hydrogens is 294 g/mol. The third kappa shape index (κ3) is 4.56. The van der Waals surface area contributed by atoms with Crippen LogP contribution in [0.15, 0.2) is 24.3 Å². The summed E-state index contributed by atoms with van der Waals surface area (Å²) in [6.45, 7) is 0.436. The van der Waals surface area contributed by atoms with Gasteiger partial charge in [-0.25, -0.2) is 13.6 Å². The van der Waals surface area contributed by atoms with Gasteiger partial charge in [-0.3, -0.25) is 0 Å². The normalized spacial score (nSPS) is 18.4. The van der Waals surface area contributed by atoms with E-state index in [2.05, 4.69) is 5.32 Å². The Labute approximate surface area is 127 Å². The number of carbonyl (C=O) groups is 1. The van der Waals surface area contributed by atoms with Crippen molar-refractivity contribution in [3.63, 3.8) is 0 Å². The standard InChI is InChI=1S/C15H20F2N2O3/c16-14(17)10-22-13-6-2-1-5-12(13)18-15(21)19-7-3-4-11(8-19)9-20/h1-2,5-6,11,14,20H,3-4,7-10H2,(H,18,21). The Morgan fingerprint density at radius 1 is 1.45 bits per heavy atom. The minimum absolute atomic E-state index is 0.0534. The topological polar surface area (TPSA) is 61.8 Å². The molecule has 1 aromatic carbocycles. The third-order valence-corrected chi connectivity index (χ3v) is 3.56. The first-order valence-electron chi connectivity index (χ1n) is 7.27. The van der Waals surface area contributed by atoms with Crippen molar-refractivity contribution >= 4 is 11.7 Å². The van der Waals surface area contributed by atoms with Crippen LogP contribution in [-0.2, 0) is 0 Å². The number of urea groups is 1. The van der Waals surface area contributed by atoms with E-state index >= 15 is 0 Å². The van der Waals surface area contributed by atoms with Crippen molar-refractivity contribution in [3.8, 4) is 5.75 Å². The number of benzene rings is 1. The molecule has 0 spiro atoms. The summed E-state index contributed by atoms with van der Waals surface area (Å²) in [5, 5.41) is 11.9. The molecule has 2 rings (SSSR count). The van der Waals surface area contributed by atoms with Crippen molar-refractivity contribution < 1.29 is 23.4 Å². The number of alkyl halides is 2. The lowest BCUT2D eigenvalue weighted by Gasteiger charge is -2.32. The highest BCUT2D eigenvalue weighted by atomic mass is 19.3. The van der Waals surface area contributed by atoms with Crippen LogP contribution in [0.4, 0.5) is 19.3 Å². The molecule has 1 aliphatic rings. The second-order valence-electron chi connectivity index (χ2n) is 5.27. The molecule has 0 aliphatic carbocycles. The van der Waals surface area contributed by atoms with E-state index in [4.69, 9.17) is 4.74 Å². The first-order chi connectivity index (χ1) is 10.6. The van der Waals surface area contributed by atoms with Crippen molar-refractivity contribution in [1.82, 2.24) is 4.90 Å². The number of hydrogen-bond donors (Lipinski definition) is 2. The first kappa shape index (κ1) is 16.5. The molecule has 0 saturated carbocycles. The van der Waals surface area contributed by atoms with E-state index in [1.165, 1.54) is 6.07 Å². The number of rotatable bonds is 5. The Hall–Kier alpha value is -1.89. The van der Waals surface area contributed by atoms with E-state index in [0.717, 1.165) is 12.8 Å². The molecule has 1 unspecified atom stereocenters. The van der Waals surface area contributed by atoms with Gasteiger partial charge in [0.05, 0.1) is 5.69 Å². The molecule has 0 radical (unpaired) electrons. The van der Waals surface area contributed by atoms with Crippen LogP contribution in [-0.4, -0.2) is 48.8 Å². The maximum Gasteiger partial charge on any atom is 0.321 e. The van der Waals surface area contributed by atoms with Crippen molar-refractivity contribution in [3.05, 3.63) is 24.3 Å². The Bertz CT molecular complexity index is 499. The maximum atomic E-state index is 12.2. The van der Waals surface area contributed by atoms with Gasteiger partial charge in [0, 0.05) is 19.7 Å². The van der Waals surface area contributed by atoms with Gasteiger partial charge >= 0.3 is 6.03 Å². The van der Waals surface area contributed by atoms with Crippen LogP contribution in [0.3, 0.4) is 0 Å². The molecule has 22 heavy (non-hydrogen) atoms. The molecule has 1 saturated heterocycles. The third-order valence-electron chi connectivity index (χ3n) is 3.56. The average molecular weight is 314 g/mol. The van der Waals surface area contributed by atoms with Crippen LogP contribution in [0.2, 0.25) is 0 Å². The Morgan fingerprint density at radius 3 is 2.95 bits per heavy atom. The zero-order chi connectivity index (χ0) is 15.9. The minimum Gasteiger partial charge on any atom is -0.485 e. The zero-order valence-corrected chi connectivity index (χ0v) is 12.2. The second kappa shape index (κ2) is 7.93. The summed E-state index contributed by atoms with van der Waals surface area (Å²) in [5.74, 6) is 0.302. The Morgan fingerprint density at radius 2 is 2.23 bits per heavy atom. The van der Waals surface area contributed by atoms with Gasteiger partial charge < -0.3 is 20.1 Å². The highest BCUT2D eigenvalue weighted by Gasteiger charge is 2.23. The van der Waals surface area contributed by atoms with Crippen molar-refractivity contribution in [2.75, 3.05) is 31.6 Å². The lowest BCUT2D eigenvalue weighted by Crippen LogP contribution is -2.43. The summed E-state index contributed by atoms with van der Waals surface area (Å²) < 4.78 is 29.5. The van der Waals surface area contributed by atoms with Crippen LogP contribution in [0, 0.1) is 5.92 Å². The summed E-state index contributed by atoms with van der Waals surface area (Å²) >= 11 is 0. The number of aliphatic hydroxyl groups excluding tert-OH is 1. The Kier molecular flexibility index (Phi) is 5.94. The molecule has 7 heteroatoms. The molecule has 1 atom stereocenters.